The zero-order chi connectivity index (χ0) is 14.5. The fourth-order valence-corrected chi connectivity index (χ4v) is 2.25. The maximum atomic E-state index is 11.7. The van der Waals surface area contributed by atoms with E-state index in [1.54, 1.807) is 18.2 Å². The molecule has 0 atom stereocenters. The van der Waals surface area contributed by atoms with Gasteiger partial charge in [-0.1, -0.05) is 12.1 Å². The summed E-state index contributed by atoms with van der Waals surface area (Å²) in [5, 5.41) is 2.97. The smallest absolute Gasteiger partial charge is 0.240 e. The molecular formula is C12H21IN4O2S. The van der Waals surface area contributed by atoms with Crippen molar-refractivity contribution in [3.05, 3.63) is 29.8 Å². The number of rotatable bonds is 5. The van der Waals surface area contributed by atoms with Crippen molar-refractivity contribution in [2.45, 2.75) is 31.3 Å². The summed E-state index contributed by atoms with van der Waals surface area (Å²) < 4.78 is 25.6. The van der Waals surface area contributed by atoms with Crippen molar-refractivity contribution in [3.63, 3.8) is 0 Å². The van der Waals surface area contributed by atoms with Crippen LogP contribution in [0.2, 0.25) is 0 Å². The molecule has 0 aliphatic carbocycles. The third kappa shape index (κ3) is 6.06. The lowest BCUT2D eigenvalue weighted by Crippen LogP contribution is -2.36. The fourth-order valence-electron chi connectivity index (χ4n) is 1.45. The monoisotopic (exact) mass is 412 g/mol. The van der Waals surface area contributed by atoms with E-state index >= 15 is 0 Å². The van der Waals surface area contributed by atoms with Crippen LogP contribution in [0.5, 0.6) is 0 Å². The van der Waals surface area contributed by atoms with Crippen LogP contribution in [-0.4, -0.2) is 27.5 Å². The van der Waals surface area contributed by atoms with E-state index in [9.17, 15) is 8.42 Å². The van der Waals surface area contributed by atoms with Gasteiger partial charge in [0.15, 0.2) is 5.96 Å². The van der Waals surface area contributed by atoms with E-state index in [2.05, 4.69) is 15.0 Å². The van der Waals surface area contributed by atoms with E-state index < -0.39 is 10.0 Å². The average molecular weight is 412 g/mol. The molecule has 0 aromatic heterocycles. The summed E-state index contributed by atoms with van der Waals surface area (Å²) in [5.74, 6) is 0.344. The van der Waals surface area contributed by atoms with Crippen LogP contribution >= 0.6 is 24.0 Å². The lowest BCUT2D eigenvalue weighted by Gasteiger charge is -2.08. The van der Waals surface area contributed by atoms with Crippen molar-refractivity contribution >= 4 is 40.0 Å². The highest BCUT2D eigenvalue weighted by molar-refractivity contribution is 14.0. The Morgan fingerprint density at radius 1 is 1.40 bits per heavy atom. The zero-order valence-electron chi connectivity index (χ0n) is 11.8. The van der Waals surface area contributed by atoms with Gasteiger partial charge < -0.3 is 11.1 Å². The number of guanidine groups is 1. The number of hydrogen-bond donors (Lipinski definition) is 3. The maximum absolute atomic E-state index is 11.7. The number of aliphatic imine (C=N–C) groups is 1. The largest absolute Gasteiger partial charge is 0.370 e. The Hall–Kier alpha value is -0.870. The molecule has 1 aromatic carbocycles. The van der Waals surface area contributed by atoms with E-state index in [4.69, 9.17) is 5.73 Å². The van der Waals surface area contributed by atoms with Crippen molar-refractivity contribution in [2.24, 2.45) is 10.7 Å². The quantitative estimate of drug-likeness (QED) is 0.382. The Bertz CT molecular complexity index is 558. The van der Waals surface area contributed by atoms with Crippen molar-refractivity contribution < 1.29 is 8.42 Å². The van der Waals surface area contributed by atoms with Crippen molar-refractivity contribution in [1.29, 1.82) is 0 Å². The van der Waals surface area contributed by atoms with Gasteiger partial charge in [-0.25, -0.2) is 18.1 Å². The number of nitrogens with two attached hydrogens (primary N) is 1. The van der Waals surface area contributed by atoms with Crippen molar-refractivity contribution in [3.8, 4) is 0 Å². The van der Waals surface area contributed by atoms with Crippen LogP contribution in [0.4, 0.5) is 0 Å². The van der Waals surface area contributed by atoms with Crippen LogP contribution in [0, 0.1) is 0 Å². The van der Waals surface area contributed by atoms with Crippen LogP contribution in [-0.2, 0) is 16.6 Å². The van der Waals surface area contributed by atoms with Gasteiger partial charge in [0.1, 0.15) is 0 Å². The van der Waals surface area contributed by atoms with E-state index in [1.807, 2.05) is 13.8 Å². The number of nitrogens with one attached hydrogen (secondary N) is 2. The highest BCUT2D eigenvalue weighted by atomic mass is 127. The van der Waals surface area contributed by atoms with Gasteiger partial charge in [0.2, 0.25) is 10.0 Å². The number of benzene rings is 1. The second-order valence-corrected chi connectivity index (χ2v) is 6.24. The third-order valence-electron chi connectivity index (χ3n) is 2.35. The lowest BCUT2D eigenvalue weighted by atomic mass is 10.2. The maximum Gasteiger partial charge on any atom is 0.240 e. The highest BCUT2D eigenvalue weighted by Gasteiger charge is 2.10. The number of hydrogen-bond acceptors (Lipinski definition) is 3. The van der Waals surface area contributed by atoms with E-state index in [0.29, 0.717) is 12.5 Å². The van der Waals surface area contributed by atoms with Crippen LogP contribution in [0.3, 0.4) is 0 Å². The minimum absolute atomic E-state index is 0. The molecule has 6 nitrogen and oxygen atoms in total. The molecule has 0 fully saturated rings. The Labute approximate surface area is 137 Å². The number of sulfonamides is 1. The van der Waals surface area contributed by atoms with Crippen molar-refractivity contribution in [1.82, 2.24) is 10.0 Å². The Morgan fingerprint density at radius 3 is 2.60 bits per heavy atom. The summed E-state index contributed by atoms with van der Waals surface area (Å²) in [7, 11) is -2.04. The molecule has 20 heavy (non-hydrogen) atoms. The summed E-state index contributed by atoms with van der Waals surface area (Å²) in [5.41, 5.74) is 6.46. The van der Waals surface area contributed by atoms with Crippen LogP contribution < -0.4 is 15.8 Å². The first-order chi connectivity index (χ1) is 8.85. The standard InChI is InChI=1S/C12H20N4O2S.HI/c1-9(2)16-12(13)15-8-10-5-4-6-11(7-10)19(17,18)14-3;/h4-7,9,14H,8H2,1-3H3,(H3,13,15,16);1H. The van der Waals surface area contributed by atoms with E-state index in [0.717, 1.165) is 5.56 Å². The summed E-state index contributed by atoms with van der Waals surface area (Å²) in [6.45, 7) is 4.25. The minimum Gasteiger partial charge on any atom is -0.370 e. The molecule has 1 rings (SSSR count). The molecule has 0 aliphatic rings. The molecule has 0 saturated carbocycles. The molecule has 0 amide bonds. The fraction of sp³-hybridized carbons (Fsp3) is 0.417. The van der Waals surface area contributed by atoms with Crippen LogP contribution in [0.15, 0.2) is 34.2 Å². The van der Waals surface area contributed by atoms with Gasteiger partial charge in [0.25, 0.3) is 0 Å². The average Bonchev–Trinajstić information content (AvgIpc) is 2.36. The zero-order valence-corrected chi connectivity index (χ0v) is 14.9. The Balaban J connectivity index is 0.00000361. The molecule has 0 unspecified atom stereocenters. The van der Waals surface area contributed by atoms with Gasteiger partial charge in [0.05, 0.1) is 11.4 Å². The summed E-state index contributed by atoms with van der Waals surface area (Å²) in [6.07, 6.45) is 0. The van der Waals surface area contributed by atoms with Gasteiger partial charge >= 0.3 is 0 Å². The van der Waals surface area contributed by atoms with Crippen LogP contribution in [0.25, 0.3) is 0 Å². The third-order valence-corrected chi connectivity index (χ3v) is 3.76. The molecular weight excluding hydrogens is 391 g/mol. The summed E-state index contributed by atoms with van der Waals surface area (Å²) in [4.78, 5) is 4.37. The molecule has 0 saturated heterocycles. The van der Waals surface area contributed by atoms with E-state index in [1.165, 1.54) is 13.1 Å². The predicted octanol–water partition coefficient (Wildman–Crippen LogP) is 1.03. The SMILES string of the molecule is CNS(=O)(=O)c1cccc(CN=C(N)NC(C)C)c1.I. The Kier molecular flexibility index (Phi) is 8.06. The number of nitrogens with zero attached hydrogens (tertiary/aromatic N) is 1. The minimum atomic E-state index is -3.42. The molecule has 0 heterocycles. The Morgan fingerprint density at radius 2 is 2.05 bits per heavy atom. The lowest BCUT2D eigenvalue weighted by molar-refractivity contribution is 0.588. The van der Waals surface area contributed by atoms with E-state index in [-0.39, 0.29) is 34.9 Å². The second kappa shape index (κ2) is 8.42. The van der Waals surface area contributed by atoms with Gasteiger partial charge in [-0.15, -0.1) is 24.0 Å². The second-order valence-electron chi connectivity index (χ2n) is 4.36. The van der Waals surface area contributed by atoms with Gasteiger partial charge in [0, 0.05) is 6.04 Å². The molecule has 4 N–H and O–H groups in total. The molecule has 114 valence electrons. The summed E-state index contributed by atoms with van der Waals surface area (Å²) in [6, 6.07) is 6.81. The first kappa shape index (κ1) is 19.1. The molecule has 0 bridgehead atoms. The van der Waals surface area contributed by atoms with Gasteiger partial charge in [-0.05, 0) is 38.6 Å². The number of halogens is 1. The van der Waals surface area contributed by atoms with Gasteiger partial charge in [-0.2, -0.15) is 0 Å². The molecule has 0 spiro atoms. The summed E-state index contributed by atoms with van der Waals surface area (Å²) >= 11 is 0. The first-order valence-corrected chi connectivity index (χ1v) is 7.42. The van der Waals surface area contributed by atoms with Gasteiger partial charge in [-0.3, -0.25) is 0 Å². The molecule has 1 aromatic rings. The van der Waals surface area contributed by atoms with Crippen molar-refractivity contribution in [2.75, 3.05) is 7.05 Å². The normalized spacial score (nSPS) is 12.1. The highest BCUT2D eigenvalue weighted by Crippen LogP contribution is 2.11. The molecule has 8 heteroatoms. The molecule has 0 aliphatic heterocycles. The topological polar surface area (TPSA) is 96.6 Å². The molecule has 0 radical (unpaired) electrons. The van der Waals surface area contributed by atoms with Crippen LogP contribution in [0.1, 0.15) is 19.4 Å². The first-order valence-electron chi connectivity index (χ1n) is 5.94. The predicted molar refractivity (Wildman–Crippen MR) is 91.7 cm³/mol.